The number of nitrogens with zero attached hydrogens (tertiary/aromatic N) is 1. The lowest BCUT2D eigenvalue weighted by Crippen LogP contribution is -2.29. The van der Waals surface area contributed by atoms with Crippen molar-refractivity contribution in [3.8, 4) is 0 Å². The minimum Gasteiger partial charge on any atom is -0.466 e. The van der Waals surface area contributed by atoms with Crippen LogP contribution in [0.5, 0.6) is 0 Å². The predicted octanol–water partition coefficient (Wildman–Crippen LogP) is 10.2. The van der Waals surface area contributed by atoms with Crippen LogP contribution in [0.25, 0.3) is 0 Å². The maximum absolute atomic E-state index is 12.0. The Morgan fingerprint density at radius 3 is 1.14 bits per heavy atom. The van der Waals surface area contributed by atoms with E-state index in [0.717, 1.165) is 77.6 Å². The molecule has 0 aliphatic carbocycles. The minimum atomic E-state index is -0.0394. The average molecular weight is 612 g/mol. The molecule has 0 rings (SSSR count). The molecule has 0 N–H and O–H groups in total. The Labute approximate surface area is 267 Å². The molecular weight excluding hydrogens is 538 g/mol. The van der Waals surface area contributed by atoms with Crippen LogP contribution in [0.3, 0.4) is 0 Å². The van der Waals surface area contributed by atoms with Gasteiger partial charge < -0.3 is 19.1 Å². The molecule has 0 aromatic heterocycles. The molecule has 0 unspecified atom stereocenters. The van der Waals surface area contributed by atoms with E-state index in [9.17, 15) is 9.59 Å². The summed E-state index contributed by atoms with van der Waals surface area (Å²) in [6.45, 7) is 9.38. The SMILES string of the molecule is CCCCCCCCCCCOC(=O)CCCCCN(CCCCCC(=O)OCCCCCCCCCCC)CCOC. The number of esters is 2. The summed E-state index contributed by atoms with van der Waals surface area (Å²) in [5, 5.41) is 0. The van der Waals surface area contributed by atoms with Crippen LogP contribution in [-0.4, -0.2) is 63.4 Å². The zero-order valence-electron chi connectivity index (χ0n) is 29.1. The third-order valence-electron chi connectivity index (χ3n) is 8.34. The lowest BCUT2D eigenvalue weighted by molar-refractivity contribution is -0.144. The van der Waals surface area contributed by atoms with Crippen molar-refractivity contribution in [3.63, 3.8) is 0 Å². The Morgan fingerprint density at radius 2 is 0.767 bits per heavy atom. The summed E-state index contributed by atoms with van der Waals surface area (Å²) >= 11 is 0. The standard InChI is InChI=1S/C37H73NO5/c1-4-6-8-10-12-14-16-18-26-33-42-36(39)28-22-20-24-30-38(32-35-41-3)31-25-21-23-29-37(40)43-34-27-19-17-15-13-11-9-7-5-2/h4-35H2,1-3H3. The van der Waals surface area contributed by atoms with Crippen LogP contribution < -0.4 is 0 Å². The van der Waals surface area contributed by atoms with Gasteiger partial charge in [-0.05, 0) is 51.6 Å². The number of ether oxygens (including phenoxy) is 3. The first kappa shape index (κ1) is 41.9. The second-order valence-electron chi connectivity index (χ2n) is 12.6. The molecule has 0 bridgehead atoms. The normalized spacial score (nSPS) is 11.3. The highest BCUT2D eigenvalue weighted by molar-refractivity contribution is 5.69. The van der Waals surface area contributed by atoms with E-state index in [4.69, 9.17) is 14.2 Å². The fraction of sp³-hybridized carbons (Fsp3) is 0.946. The molecule has 0 fully saturated rings. The van der Waals surface area contributed by atoms with Gasteiger partial charge in [0.15, 0.2) is 0 Å². The van der Waals surface area contributed by atoms with Gasteiger partial charge in [0.2, 0.25) is 0 Å². The summed E-state index contributed by atoms with van der Waals surface area (Å²) in [6.07, 6.45) is 30.1. The largest absolute Gasteiger partial charge is 0.466 e. The van der Waals surface area contributed by atoms with Gasteiger partial charge in [0.1, 0.15) is 0 Å². The van der Waals surface area contributed by atoms with Crippen molar-refractivity contribution >= 4 is 11.9 Å². The molecule has 43 heavy (non-hydrogen) atoms. The lowest BCUT2D eigenvalue weighted by atomic mass is 10.1. The van der Waals surface area contributed by atoms with E-state index in [1.807, 2.05) is 0 Å². The van der Waals surface area contributed by atoms with E-state index in [1.54, 1.807) is 7.11 Å². The monoisotopic (exact) mass is 612 g/mol. The molecule has 0 heterocycles. The third kappa shape index (κ3) is 33.6. The first-order chi connectivity index (χ1) is 21.1. The highest BCUT2D eigenvalue weighted by Crippen LogP contribution is 2.12. The third-order valence-corrected chi connectivity index (χ3v) is 8.34. The Balaban J connectivity index is 3.67. The van der Waals surface area contributed by atoms with Crippen molar-refractivity contribution < 1.29 is 23.8 Å². The number of carbonyl (C=O) groups excluding carboxylic acids is 2. The molecule has 256 valence electrons. The van der Waals surface area contributed by atoms with Crippen molar-refractivity contribution in [1.29, 1.82) is 0 Å². The number of methoxy groups -OCH3 is 1. The molecule has 0 aromatic carbocycles. The Bertz CT molecular complexity index is 539. The van der Waals surface area contributed by atoms with Gasteiger partial charge in [-0.3, -0.25) is 9.59 Å². The van der Waals surface area contributed by atoms with E-state index in [1.165, 1.54) is 103 Å². The summed E-state index contributed by atoms with van der Waals surface area (Å²) in [5.74, 6) is -0.0787. The first-order valence-electron chi connectivity index (χ1n) is 18.7. The summed E-state index contributed by atoms with van der Waals surface area (Å²) in [5.41, 5.74) is 0. The van der Waals surface area contributed by atoms with Gasteiger partial charge in [-0.15, -0.1) is 0 Å². The van der Waals surface area contributed by atoms with Crippen LogP contribution in [0.2, 0.25) is 0 Å². The second kappa shape index (κ2) is 35.3. The van der Waals surface area contributed by atoms with Crippen LogP contribution in [0, 0.1) is 0 Å². The lowest BCUT2D eigenvalue weighted by Gasteiger charge is -2.21. The van der Waals surface area contributed by atoms with Crippen molar-refractivity contribution in [1.82, 2.24) is 4.90 Å². The van der Waals surface area contributed by atoms with Crippen LogP contribution in [0.15, 0.2) is 0 Å². The summed E-state index contributed by atoms with van der Waals surface area (Å²) in [6, 6.07) is 0. The van der Waals surface area contributed by atoms with Gasteiger partial charge in [0.25, 0.3) is 0 Å². The van der Waals surface area contributed by atoms with Gasteiger partial charge in [0.05, 0.1) is 19.8 Å². The number of rotatable bonds is 35. The van der Waals surface area contributed by atoms with Crippen molar-refractivity contribution in [2.75, 3.05) is 46.6 Å². The van der Waals surface area contributed by atoms with Gasteiger partial charge in [-0.1, -0.05) is 129 Å². The molecule has 0 radical (unpaired) electrons. The number of carbonyl (C=O) groups is 2. The highest BCUT2D eigenvalue weighted by Gasteiger charge is 2.08. The number of unbranched alkanes of at least 4 members (excludes halogenated alkanes) is 20. The van der Waals surface area contributed by atoms with Crippen LogP contribution in [0.4, 0.5) is 0 Å². The molecule has 0 aliphatic rings. The molecule has 0 spiro atoms. The van der Waals surface area contributed by atoms with Crippen LogP contribution >= 0.6 is 0 Å². The van der Waals surface area contributed by atoms with Crippen molar-refractivity contribution in [2.24, 2.45) is 0 Å². The van der Waals surface area contributed by atoms with Crippen molar-refractivity contribution in [2.45, 2.75) is 181 Å². The zero-order chi connectivity index (χ0) is 31.5. The number of hydrogen-bond acceptors (Lipinski definition) is 6. The zero-order valence-corrected chi connectivity index (χ0v) is 29.1. The average Bonchev–Trinajstić information content (AvgIpc) is 3.00. The molecule has 0 saturated carbocycles. The van der Waals surface area contributed by atoms with Crippen LogP contribution in [-0.2, 0) is 23.8 Å². The summed E-state index contributed by atoms with van der Waals surface area (Å²) in [7, 11) is 1.75. The van der Waals surface area contributed by atoms with Gasteiger partial charge in [-0.25, -0.2) is 0 Å². The Kier molecular flexibility index (Phi) is 34.4. The Morgan fingerprint density at radius 1 is 0.419 bits per heavy atom. The van der Waals surface area contributed by atoms with Gasteiger partial charge >= 0.3 is 11.9 Å². The van der Waals surface area contributed by atoms with E-state index in [2.05, 4.69) is 18.7 Å². The van der Waals surface area contributed by atoms with Gasteiger partial charge in [0, 0.05) is 26.5 Å². The molecular formula is C37H73NO5. The molecule has 6 nitrogen and oxygen atoms in total. The summed E-state index contributed by atoms with van der Waals surface area (Å²) < 4.78 is 16.2. The number of hydrogen-bond donors (Lipinski definition) is 0. The molecule has 0 aromatic rings. The maximum Gasteiger partial charge on any atom is 0.305 e. The summed E-state index contributed by atoms with van der Waals surface area (Å²) in [4.78, 5) is 26.5. The minimum absolute atomic E-state index is 0.0394. The van der Waals surface area contributed by atoms with E-state index < -0.39 is 0 Å². The van der Waals surface area contributed by atoms with E-state index in [0.29, 0.717) is 26.1 Å². The smallest absolute Gasteiger partial charge is 0.305 e. The molecule has 0 atom stereocenters. The predicted molar refractivity (Wildman–Crippen MR) is 182 cm³/mol. The maximum atomic E-state index is 12.0. The quantitative estimate of drug-likeness (QED) is 0.0525. The Hall–Kier alpha value is -1.14. The topological polar surface area (TPSA) is 65.1 Å². The van der Waals surface area contributed by atoms with Crippen molar-refractivity contribution in [3.05, 3.63) is 0 Å². The second-order valence-corrected chi connectivity index (χ2v) is 12.6. The van der Waals surface area contributed by atoms with E-state index >= 15 is 0 Å². The fourth-order valence-corrected chi connectivity index (χ4v) is 5.46. The molecule has 0 aliphatic heterocycles. The molecule has 0 amide bonds. The fourth-order valence-electron chi connectivity index (χ4n) is 5.46. The molecule has 0 saturated heterocycles. The van der Waals surface area contributed by atoms with Crippen LogP contribution in [0.1, 0.15) is 181 Å². The van der Waals surface area contributed by atoms with Gasteiger partial charge in [-0.2, -0.15) is 0 Å². The van der Waals surface area contributed by atoms with E-state index in [-0.39, 0.29) is 11.9 Å². The molecule has 6 heteroatoms. The first-order valence-corrected chi connectivity index (χ1v) is 18.7. The highest BCUT2D eigenvalue weighted by atomic mass is 16.5.